The van der Waals surface area contributed by atoms with Crippen LogP contribution in [0.15, 0.2) is 24.3 Å². The Bertz CT molecular complexity index is 804. The zero-order chi connectivity index (χ0) is 18.7. The molecule has 1 aliphatic heterocycles. The van der Waals surface area contributed by atoms with E-state index >= 15 is 0 Å². The van der Waals surface area contributed by atoms with Crippen LogP contribution in [0.2, 0.25) is 0 Å². The highest BCUT2D eigenvalue weighted by Gasteiger charge is 2.32. The van der Waals surface area contributed by atoms with Crippen molar-refractivity contribution in [2.24, 2.45) is 0 Å². The fourth-order valence-electron chi connectivity index (χ4n) is 3.26. The number of carbonyl (C=O) groups is 2. The van der Waals surface area contributed by atoms with Crippen LogP contribution < -0.4 is 0 Å². The number of amides is 1. The molecule has 138 valence electrons. The number of carbonyl (C=O) groups excluding carboxylic acids is 2. The Morgan fingerprint density at radius 1 is 1.31 bits per heavy atom. The number of ether oxygens (including phenoxy) is 1. The highest BCUT2D eigenvalue weighted by atomic mass is 32.1. The molecule has 1 aliphatic rings. The molecule has 1 atom stereocenters. The average molecular weight is 376 g/mol. The van der Waals surface area contributed by atoms with Crippen LogP contribution in [0.25, 0.3) is 10.4 Å². The first-order valence-corrected chi connectivity index (χ1v) is 9.42. The number of aromatic nitrogens is 1. The Balaban J connectivity index is 1.91. The Kier molecular flexibility index (Phi) is 5.66. The van der Waals surface area contributed by atoms with E-state index in [9.17, 15) is 14.0 Å². The van der Waals surface area contributed by atoms with E-state index in [-0.39, 0.29) is 30.2 Å². The fourth-order valence-corrected chi connectivity index (χ4v) is 4.18. The minimum absolute atomic E-state index is 0.174. The molecule has 1 amide bonds. The number of likely N-dealkylation sites (tertiary alicyclic amines) is 1. The van der Waals surface area contributed by atoms with Crippen molar-refractivity contribution in [1.29, 1.82) is 0 Å². The number of hydrogen-bond acceptors (Lipinski definition) is 5. The Hall–Kier alpha value is -2.28. The van der Waals surface area contributed by atoms with Crippen LogP contribution in [0, 0.1) is 12.7 Å². The van der Waals surface area contributed by atoms with Gasteiger partial charge in [0.25, 0.3) is 5.91 Å². The van der Waals surface area contributed by atoms with E-state index < -0.39 is 0 Å². The molecule has 0 bridgehead atoms. The maximum Gasteiger partial charge on any atom is 0.307 e. The number of esters is 1. The van der Waals surface area contributed by atoms with Crippen LogP contribution >= 0.6 is 11.3 Å². The standard InChI is InChI=1S/C19H21FN2O3S/c1-12-21-17(18(26-12)13-6-8-14(20)9-7-13)19(24)22-10-4-3-5-15(22)11-16(23)25-2/h6-9,15H,3-5,10-11H2,1-2H3/t15-/m1/s1. The second-order valence-corrected chi connectivity index (χ2v) is 7.55. The van der Waals surface area contributed by atoms with Crippen LogP contribution in [-0.2, 0) is 9.53 Å². The Morgan fingerprint density at radius 2 is 2.04 bits per heavy atom. The second kappa shape index (κ2) is 7.95. The number of halogens is 1. The third kappa shape index (κ3) is 3.93. The molecule has 1 aromatic carbocycles. The van der Waals surface area contributed by atoms with E-state index in [4.69, 9.17) is 4.74 Å². The summed E-state index contributed by atoms with van der Waals surface area (Å²) in [5.41, 5.74) is 1.14. The molecule has 0 saturated carbocycles. The molecule has 0 N–H and O–H groups in total. The van der Waals surface area contributed by atoms with Gasteiger partial charge in [-0.1, -0.05) is 12.1 Å². The number of hydrogen-bond donors (Lipinski definition) is 0. The molecule has 3 rings (SSSR count). The average Bonchev–Trinajstić information content (AvgIpc) is 3.04. The number of aryl methyl sites for hydroxylation is 1. The smallest absolute Gasteiger partial charge is 0.307 e. The lowest BCUT2D eigenvalue weighted by atomic mass is 9.98. The van der Waals surface area contributed by atoms with Gasteiger partial charge in [-0.25, -0.2) is 9.37 Å². The number of benzene rings is 1. The molecular weight excluding hydrogens is 355 g/mol. The van der Waals surface area contributed by atoms with E-state index in [1.807, 2.05) is 6.92 Å². The van der Waals surface area contributed by atoms with E-state index in [0.717, 1.165) is 34.7 Å². The van der Waals surface area contributed by atoms with Gasteiger partial charge in [0.05, 0.1) is 23.4 Å². The predicted molar refractivity (Wildman–Crippen MR) is 97.6 cm³/mol. The highest BCUT2D eigenvalue weighted by molar-refractivity contribution is 7.15. The molecule has 1 saturated heterocycles. The van der Waals surface area contributed by atoms with Crippen molar-refractivity contribution >= 4 is 23.2 Å². The van der Waals surface area contributed by atoms with Gasteiger partial charge in [-0.3, -0.25) is 9.59 Å². The normalized spacial score (nSPS) is 17.2. The molecular formula is C19H21FN2O3S. The molecule has 0 aliphatic carbocycles. The van der Waals surface area contributed by atoms with Gasteiger partial charge in [-0.2, -0.15) is 0 Å². The first-order valence-electron chi connectivity index (χ1n) is 8.60. The summed E-state index contributed by atoms with van der Waals surface area (Å²) in [6, 6.07) is 5.88. The topological polar surface area (TPSA) is 59.5 Å². The summed E-state index contributed by atoms with van der Waals surface area (Å²) in [4.78, 5) is 31.8. The van der Waals surface area contributed by atoms with Crippen molar-refractivity contribution in [1.82, 2.24) is 9.88 Å². The van der Waals surface area contributed by atoms with Gasteiger partial charge in [0.2, 0.25) is 0 Å². The van der Waals surface area contributed by atoms with Crippen molar-refractivity contribution in [3.8, 4) is 10.4 Å². The lowest BCUT2D eigenvalue weighted by Crippen LogP contribution is -2.45. The number of methoxy groups -OCH3 is 1. The highest BCUT2D eigenvalue weighted by Crippen LogP contribution is 2.32. The van der Waals surface area contributed by atoms with Crippen molar-refractivity contribution in [3.05, 3.63) is 40.8 Å². The maximum atomic E-state index is 13.2. The van der Waals surface area contributed by atoms with Crippen LogP contribution in [0.1, 0.15) is 41.2 Å². The molecule has 1 aromatic heterocycles. The number of rotatable bonds is 4. The quantitative estimate of drug-likeness (QED) is 0.761. The van der Waals surface area contributed by atoms with Crippen molar-refractivity contribution in [2.75, 3.05) is 13.7 Å². The summed E-state index contributed by atoms with van der Waals surface area (Å²) in [7, 11) is 1.35. The first kappa shape index (κ1) is 18.5. The first-order chi connectivity index (χ1) is 12.5. The number of piperidine rings is 1. The molecule has 0 spiro atoms. The van der Waals surface area contributed by atoms with E-state index in [0.29, 0.717) is 12.2 Å². The van der Waals surface area contributed by atoms with Crippen LogP contribution in [0.4, 0.5) is 4.39 Å². The van der Waals surface area contributed by atoms with Gasteiger partial charge >= 0.3 is 5.97 Å². The molecule has 26 heavy (non-hydrogen) atoms. The molecule has 7 heteroatoms. The zero-order valence-electron chi connectivity index (χ0n) is 14.8. The Morgan fingerprint density at radius 3 is 2.73 bits per heavy atom. The van der Waals surface area contributed by atoms with Gasteiger partial charge in [-0.15, -0.1) is 11.3 Å². The minimum atomic E-state index is -0.322. The summed E-state index contributed by atoms with van der Waals surface area (Å²) in [6.45, 7) is 2.44. The van der Waals surface area contributed by atoms with Gasteiger partial charge in [0, 0.05) is 12.6 Å². The SMILES string of the molecule is COC(=O)C[C@H]1CCCCN1C(=O)c1nc(C)sc1-c1ccc(F)cc1. The minimum Gasteiger partial charge on any atom is -0.469 e. The molecule has 0 unspecified atom stereocenters. The van der Waals surface area contributed by atoms with Crippen LogP contribution in [0.3, 0.4) is 0 Å². The molecule has 2 aromatic rings. The molecule has 2 heterocycles. The predicted octanol–water partition coefficient (Wildman–Crippen LogP) is 3.82. The Labute approximate surface area is 155 Å². The van der Waals surface area contributed by atoms with Gasteiger partial charge in [0.15, 0.2) is 0 Å². The molecule has 0 radical (unpaired) electrons. The van der Waals surface area contributed by atoms with E-state index in [1.165, 1.54) is 30.6 Å². The van der Waals surface area contributed by atoms with Crippen molar-refractivity contribution in [3.63, 3.8) is 0 Å². The van der Waals surface area contributed by atoms with Crippen molar-refractivity contribution in [2.45, 2.75) is 38.6 Å². The van der Waals surface area contributed by atoms with Crippen LogP contribution in [0.5, 0.6) is 0 Å². The monoisotopic (exact) mass is 376 g/mol. The number of thiazole rings is 1. The van der Waals surface area contributed by atoms with Crippen LogP contribution in [-0.4, -0.2) is 41.5 Å². The van der Waals surface area contributed by atoms with Gasteiger partial charge in [-0.05, 0) is 43.9 Å². The lowest BCUT2D eigenvalue weighted by molar-refractivity contribution is -0.142. The summed E-state index contributed by atoms with van der Waals surface area (Å²) in [5, 5.41) is 0.772. The fraction of sp³-hybridized carbons (Fsp3) is 0.421. The molecule has 5 nitrogen and oxygen atoms in total. The lowest BCUT2D eigenvalue weighted by Gasteiger charge is -2.35. The molecule has 1 fully saturated rings. The van der Waals surface area contributed by atoms with Gasteiger partial charge < -0.3 is 9.64 Å². The van der Waals surface area contributed by atoms with Gasteiger partial charge in [0.1, 0.15) is 11.5 Å². The summed E-state index contributed by atoms with van der Waals surface area (Å²) >= 11 is 1.41. The van der Waals surface area contributed by atoms with E-state index in [2.05, 4.69) is 4.98 Å². The third-order valence-electron chi connectivity index (χ3n) is 4.56. The zero-order valence-corrected chi connectivity index (χ0v) is 15.6. The maximum absolute atomic E-state index is 13.2. The summed E-state index contributed by atoms with van der Waals surface area (Å²) in [5.74, 6) is -0.817. The van der Waals surface area contributed by atoms with E-state index in [1.54, 1.807) is 17.0 Å². The summed E-state index contributed by atoms with van der Waals surface area (Å²) < 4.78 is 18.0. The summed E-state index contributed by atoms with van der Waals surface area (Å²) in [6.07, 6.45) is 2.85. The second-order valence-electron chi connectivity index (χ2n) is 6.35. The number of nitrogens with zero attached hydrogens (tertiary/aromatic N) is 2. The largest absolute Gasteiger partial charge is 0.469 e. The van der Waals surface area contributed by atoms with Crippen molar-refractivity contribution < 1.29 is 18.7 Å². The third-order valence-corrected chi connectivity index (χ3v) is 5.58.